The molecule has 0 radical (unpaired) electrons. The van der Waals surface area contributed by atoms with E-state index in [1.165, 1.54) is 12.1 Å². The molecule has 0 aliphatic carbocycles. The standard InChI is InChI=1S/C18H14FN5O/c1-25-15-8-14(9-20-10-15)22-18-11-21-17-7-6-16(23-24(17)18)12-2-4-13(19)5-3-12/h2-11,22H,1H3. The Hall–Kier alpha value is -3.48. The monoisotopic (exact) mass is 335 g/mol. The molecule has 7 heteroatoms. The Morgan fingerprint density at radius 3 is 2.68 bits per heavy atom. The molecule has 3 heterocycles. The molecular formula is C18H14FN5O. The van der Waals surface area contributed by atoms with Crippen LogP contribution in [0.4, 0.5) is 15.9 Å². The molecule has 124 valence electrons. The molecule has 0 saturated heterocycles. The molecule has 0 unspecified atom stereocenters. The van der Waals surface area contributed by atoms with Crippen molar-refractivity contribution in [2.45, 2.75) is 0 Å². The summed E-state index contributed by atoms with van der Waals surface area (Å²) in [6.45, 7) is 0. The van der Waals surface area contributed by atoms with E-state index in [9.17, 15) is 4.39 Å². The van der Waals surface area contributed by atoms with Crippen molar-refractivity contribution in [1.29, 1.82) is 0 Å². The number of hydrogen-bond donors (Lipinski definition) is 1. The number of aromatic nitrogens is 4. The van der Waals surface area contributed by atoms with E-state index in [2.05, 4.69) is 20.4 Å². The zero-order valence-corrected chi connectivity index (χ0v) is 13.3. The minimum absolute atomic E-state index is 0.277. The van der Waals surface area contributed by atoms with Crippen molar-refractivity contribution < 1.29 is 9.13 Å². The van der Waals surface area contributed by atoms with Crippen LogP contribution in [-0.2, 0) is 0 Å². The second kappa shape index (κ2) is 6.20. The number of anilines is 2. The minimum atomic E-state index is -0.277. The smallest absolute Gasteiger partial charge is 0.155 e. The highest BCUT2D eigenvalue weighted by molar-refractivity contribution is 5.64. The zero-order valence-electron chi connectivity index (χ0n) is 13.3. The predicted octanol–water partition coefficient (Wildman–Crippen LogP) is 3.68. The van der Waals surface area contributed by atoms with Crippen LogP contribution in [0.25, 0.3) is 16.9 Å². The number of benzene rings is 1. The molecule has 4 rings (SSSR count). The van der Waals surface area contributed by atoms with Gasteiger partial charge < -0.3 is 10.1 Å². The highest BCUT2D eigenvalue weighted by Gasteiger charge is 2.08. The van der Waals surface area contributed by atoms with Crippen molar-refractivity contribution in [2.24, 2.45) is 0 Å². The second-order valence-electron chi connectivity index (χ2n) is 5.38. The van der Waals surface area contributed by atoms with Gasteiger partial charge in [0.05, 0.1) is 37.1 Å². The number of fused-ring (bicyclic) bond motifs is 1. The van der Waals surface area contributed by atoms with Gasteiger partial charge in [-0.1, -0.05) is 0 Å². The molecule has 3 aromatic heterocycles. The molecule has 0 bridgehead atoms. The lowest BCUT2D eigenvalue weighted by molar-refractivity contribution is 0.413. The molecule has 0 spiro atoms. The third-order valence-corrected chi connectivity index (χ3v) is 3.72. The summed E-state index contributed by atoms with van der Waals surface area (Å²) < 4.78 is 20.0. The van der Waals surface area contributed by atoms with Gasteiger partial charge in [0.15, 0.2) is 11.5 Å². The first kappa shape index (κ1) is 15.1. The van der Waals surface area contributed by atoms with Crippen LogP contribution in [-0.4, -0.2) is 26.7 Å². The number of rotatable bonds is 4. The Morgan fingerprint density at radius 1 is 1.04 bits per heavy atom. The number of hydrogen-bond acceptors (Lipinski definition) is 5. The van der Waals surface area contributed by atoms with Crippen LogP contribution in [0.3, 0.4) is 0 Å². The van der Waals surface area contributed by atoms with Crippen molar-refractivity contribution >= 4 is 17.2 Å². The van der Waals surface area contributed by atoms with Crippen LogP contribution in [0, 0.1) is 5.82 Å². The fourth-order valence-corrected chi connectivity index (χ4v) is 2.48. The van der Waals surface area contributed by atoms with Gasteiger partial charge in [0, 0.05) is 11.6 Å². The van der Waals surface area contributed by atoms with Crippen LogP contribution in [0.15, 0.2) is 61.1 Å². The van der Waals surface area contributed by atoms with Crippen LogP contribution in [0.1, 0.15) is 0 Å². The quantitative estimate of drug-likeness (QED) is 0.616. The van der Waals surface area contributed by atoms with Crippen LogP contribution in [0.5, 0.6) is 5.75 Å². The van der Waals surface area contributed by atoms with E-state index in [0.29, 0.717) is 17.2 Å². The van der Waals surface area contributed by atoms with E-state index in [4.69, 9.17) is 4.74 Å². The van der Waals surface area contributed by atoms with E-state index < -0.39 is 0 Å². The van der Waals surface area contributed by atoms with E-state index >= 15 is 0 Å². The molecule has 4 aromatic rings. The lowest BCUT2D eigenvalue weighted by Crippen LogP contribution is -2.00. The van der Waals surface area contributed by atoms with Crippen LogP contribution in [0.2, 0.25) is 0 Å². The summed E-state index contributed by atoms with van der Waals surface area (Å²) in [5.41, 5.74) is 3.00. The molecule has 0 atom stereocenters. The molecule has 0 fully saturated rings. The van der Waals surface area contributed by atoms with Crippen molar-refractivity contribution in [3.8, 4) is 17.0 Å². The molecule has 0 amide bonds. The molecular weight excluding hydrogens is 321 g/mol. The van der Waals surface area contributed by atoms with Crippen LogP contribution >= 0.6 is 0 Å². The molecule has 1 N–H and O–H groups in total. The summed E-state index contributed by atoms with van der Waals surface area (Å²) in [5, 5.41) is 7.82. The van der Waals surface area contributed by atoms with Gasteiger partial charge in [-0.25, -0.2) is 9.37 Å². The summed E-state index contributed by atoms with van der Waals surface area (Å²) in [4.78, 5) is 8.45. The molecule has 0 aliphatic rings. The summed E-state index contributed by atoms with van der Waals surface area (Å²) >= 11 is 0. The van der Waals surface area contributed by atoms with Crippen molar-refractivity contribution in [3.05, 3.63) is 66.9 Å². The lowest BCUT2D eigenvalue weighted by Gasteiger charge is -2.07. The van der Waals surface area contributed by atoms with E-state index in [1.54, 1.807) is 42.3 Å². The maximum Gasteiger partial charge on any atom is 0.155 e. The van der Waals surface area contributed by atoms with E-state index in [-0.39, 0.29) is 5.82 Å². The molecule has 0 saturated carbocycles. The third kappa shape index (κ3) is 2.99. The summed E-state index contributed by atoms with van der Waals surface area (Å²) in [5.74, 6) is 1.06. The van der Waals surface area contributed by atoms with E-state index in [1.807, 2.05) is 18.2 Å². The third-order valence-electron chi connectivity index (χ3n) is 3.72. The molecule has 6 nitrogen and oxygen atoms in total. The Bertz CT molecular complexity index is 1030. The first-order valence-electron chi connectivity index (χ1n) is 7.60. The van der Waals surface area contributed by atoms with Crippen molar-refractivity contribution in [1.82, 2.24) is 19.6 Å². The molecule has 25 heavy (non-hydrogen) atoms. The Kier molecular flexibility index (Phi) is 3.74. The number of methoxy groups -OCH3 is 1. The second-order valence-corrected chi connectivity index (χ2v) is 5.38. The average Bonchev–Trinajstić information content (AvgIpc) is 3.04. The fraction of sp³-hybridized carbons (Fsp3) is 0.0556. The topological polar surface area (TPSA) is 64.3 Å². The van der Waals surface area contributed by atoms with Crippen molar-refractivity contribution in [3.63, 3.8) is 0 Å². The average molecular weight is 335 g/mol. The Labute approximate surface area is 142 Å². The number of nitrogens with zero attached hydrogens (tertiary/aromatic N) is 4. The molecule has 0 aliphatic heterocycles. The molecule has 1 aromatic carbocycles. The number of ether oxygens (including phenoxy) is 1. The maximum atomic E-state index is 13.1. The van der Waals surface area contributed by atoms with Gasteiger partial charge >= 0.3 is 0 Å². The first-order valence-corrected chi connectivity index (χ1v) is 7.60. The number of halogens is 1. The SMILES string of the molecule is COc1cncc(Nc2cnc3ccc(-c4ccc(F)cc4)nn23)c1. The van der Waals surface area contributed by atoms with Gasteiger partial charge in [-0.2, -0.15) is 9.61 Å². The van der Waals surface area contributed by atoms with Gasteiger partial charge in [0.25, 0.3) is 0 Å². The first-order chi connectivity index (χ1) is 12.2. The fourth-order valence-electron chi connectivity index (χ4n) is 2.48. The highest BCUT2D eigenvalue weighted by Crippen LogP contribution is 2.23. The summed E-state index contributed by atoms with van der Waals surface area (Å²) in [7, 11) is 1.59. The minimum Gasteiger partial charge on any atom is -0.495 e. The normalized spacial score (nSPS) is 10.8. The van der Waals surface area contributed by atoms with Gasteiger partial charge in [0.1, 0.15) is 11.6 Å². The maximum absolute atomic E-state index is 13.1. The van der Waals surface area contributed by atoms with Gasteiger partial charge in [-0.05, 0) is 36.4 Å². The number of nitrogens with one attached hydrogen (secondary N) is 1. The largest absolute Gasteiger partial charge is 0.495 e. The van der Waals surface area contributed by atoms with Gasteiger partial charge in [0.2, 0.25) is 0 Å². The van der Waals surface area contributed by atoms with Gasteiger partial charge in [-0.15, -0.1) is 0 Å². The summed E-state index contributed by atoms with van der Waals surface area (Å²) in [6.07, 6.45) is 5.01. The van der Waals surface area contributed by atoms with Gasteiger partial charge in [-0.3, -0.25) is 4.98 Å². The van der Waals surface area contributed by atoms with Crippen LogP contribution < -0.4 is 10.1 Å². The zero-order chi connectivity index (χ0) is 17.2. The highest BCUT2D eigenvalue weighted by atomic mass is 19.1. The Morgan fingerprint density at radius 2 is 1.88 bits per heavy atom. The predicted molar refractivity (Wildman–Crippen MR) is 92.5 cm³/mol. The summed E-state index contributed by atoms with van der Waals surface area (Å²) in [6, 6.07) is 11.8. The number of pyridine rings is 1. The van der Waals surface area contributed by atoms with E-state index in [0.717, 1.165) is 16.9 Å². The number of imidazole rings is 1. The lowest BCUT2D eigenvalue weighted by atomic mass is 10.1. The van der Waals surface area contributed by atoms with Crippen molar-refractivity contribution in [2.75, 3.05) is 12.4 Å². The Balaban J connectivity index is 1.72.